The van der Waals surface area contributed by atoms with Gasteiger partial charge in [-0.05, 0) is 31.9 Å². The highest BCUT2D eigenvalue weighted by molar-refractivity contribution is 6.34. The Hall–Kier alpha value is -1.22. The number of anilines is 1. The number of aryl methyl sites for hydroxylation is 3. The van der Waals surface area contributed by atoms with E-state index < -0.39 is 5.12 Å². The van der Waals surface area contributed by atoms with Gasteiger partial charge in [0.1, 0.15) is 0 Å². The molecule has 0 heterocycles. The molecule has 0 aliphatic carbocycles. The highest BCUT2D eigenvalue weighted by Crippen LogP contribution is 2.34. The number of benzene rings is 2. The minimum Gasteiger partial charge on any atom is -0.350 e. The van der Waals surface area contributed by atoms with Crippen LogP contribution in [0.25, 0.3) is 0 Å². The van der Waals surface area contributed by atoms with Crippen LogP contribution in [0, 0.1) is 20.8 Å². The van der Waals surface area contributed by atoms with Crippen molar-refractivity contribution >= 4 is 28.9 Å². The van der Waals surface area contributed by atoms with E-state index in [2.05, 4.69) is 5.32 Å². The lowest BCUT2D eigenvalue weighted by Gasteiger charge is -2.27. The Balaban J connectivity index is 2.38. The number of halogens is 2. The summed E-state index contributed by atoms with van der Waals surface area (Å²) >= 11 is 12.8. The van der Waals surface area contributed by atoms with Crippen molar-refractivity contribution in [3.63, 3.8) is 0 Å². The summed E-state index contributed by atoms with van der Waals surface area (Å²) in [5.74, 6) is 0. The van der Waals surface area contributed by atoms with Gasteiger partial charge in [-0.3, -0.25) is 5.73 Å². The van der Waals surface area contributed by atoms with E-state index in [1.165, 1.54) is 0 Å². The van der Waals surface area contributed by atoms with E-state index in [-0.39, 0.29) is 0 Å². The van der Waals surface area contributed by atoms with Crippen LogP contribution in [0.15, 0.2) is 36.4 Å². The fourth-order valence-corrected chi connectivity index (χ4v) is 2.46. The molecule has 3 N–H and O–H groups in total. The van der Waals surface area contributed by atoms with Crippen molar-refractivity contribution in [1.29, 1.82) is 0 Å². The average molecular weight is 309 g/mol. The summed E-state index contributed by atoms with van der Waals surface area (Å²) < 4.78 is 0. The molecule has 0 aromatic heterocycles. The van der Waals surface area contributed by atoms with Crippen LogP contribution in [-0.4, -0.2) is 0 Å². The summed E-state index contributed by atoms with van der Waals surface area (Å²) in [6, 6.07) is 11.7. The Labute approximate surface area is 129 Å². The molecule has 0 bridgehead atoms. The first kappa shape index (κ1) is 15.2. The van der Waals surface area contributed by atoms with E-state index in [4.69, 9.17) is 28.9 Å². The van der Waals surface area contributed by atoms with Crippen LogP contribution >= 0.6 is 23.2 Å². The zero-order valence-corrected chi connectivity index (χ0v) is 13.3. The van der Waals surface area contributed by atoms with Crippen LogP contribution in [0.4, 0.5) is 5.69 Å². The van der Waals surface area contributed by atoms with E-state index in [0.717, 1.165) is 27.9 Å². The van der Waals surface area contributed by atoms with E-state index in [1.54, 1.807) is 0 Å². The summed E-state index contributed by atoms with van der Waals surface area (Å²) in [5.41, 5.74) is 10.9. The highest BCUT2D eigenvalue weighted by atomic mass is 35.5. The highest BCUT2D eigenvalue weighted by Gasteiger charge is 2.25. The van der Waals surface area contributed by atoms with Crippen molar-refractivity contribution < 1.29 is 0 Å². The third-order valence-electron chi connectivity index (χ3n) is 3.32. The monoisotopic (exact) mass is 308 g/mol. The lowest BCUT2D eigenvalue weighted by Crippen LogP contribution is -2.39. The maximum absolute atomic E-state index is 6.45. The van der Waals surface area contributed by atoms with Crippen LogP contribution in [0.5, 0.6) is 0 Å². The molecule has 0 fully saturated rings. The molecule has 2 aromatic rings. The first-order chi connectivity index (χ1) is 9.31. The summed E-state index contributed by atoms with van der Waals surface area (Å²) in [7, 11) is 0. The molecule has 1 unspecified atom stereocenters. The van der Waals surface area contributed by atoms with Crippen molar-refractivity contribution in [2.24, 2.45) is 5.73 Å². The van der Waals surface area contributed by atoms with Crippen molar-refractivity contribution in [2.75, 3.05) is 5.32 Å². The fraction of sp³-hybridized carbons (Fsp3) is 0.250. The molecule has 2 nitrogen and oxygen atoms in total. The molecule has 0 spiro atoms. The standard InChI is InChI=1S/C16H18Cl2N2/c1-10-4-8-13(9-5-10)16(18,19)20-15-12(3)7-6-11(2)14(15)17/h4-9,20H,19H2,1-3H3. The molecular formula is C16H18Cl2N2. The van der Waals surface area contributed by atoms with Gasteiger partial charge in [0.05, 0.1) is 10.7 Å². The third kappa shape index (κ3) is 3.09. The predicted octanol–water partition coefficient (Wildman–Crippen LogP) is 4.69. The van der Waals surface area contributed by atoms with Crippen LogP contribution in [0.2, 0.25) is 5.02 Å². The van der Waals surface area contributed by atoms with E-state index >= 15 is 0 Å². The summed E-state index contributed by atoms with van der Waals surface area (Å²) in [5, 5.41) is 2.59. The normalized spacial score (nSPS) is 13.9. The molecule has 2 rings (SSSR count). The summed E-state index contributed by atoms with van der Waals surface area (Å²) in [6.07, 6.45) is 0. The maximum Gasteiger partial charge on any atom is 0.190 e. The topological polar surface area (TPSA) is 38.0 Å². The fourth-order valence-electron chi connectivity index (χ4n) is 1.98. The molecule has 1 atom stereocenters. The zero-order valence-electron chi connectivity index (χ0n) is 11.8. The maximum atomic E-state index is 6.45. The summed E-state index contributed by atoms with van der Waals surface area (Å²) in [6.45, 7) is 5.94. The molecule has 20 heavy (non-hydrogen) atoms. The lowest BCUT2D eigenvalue weighted by molar-refractivity contribution is 0.739. The largest absolute Gasteiger partial charge is 0.350 e. The Morgan fingerprint density at radius 2 is 1.50 bits per heavy atom. The van der Waals surface area contributed by atoms with Crippen LogP contribution in [0.1, 0.15) is 22.3 Å². The van der Waals surface area contributed by atoms with Crippen molar-refractivity contribution in [2.45, 2.75) is 25.9 Å². The van der Waals surface area contributed by atoms with Crippen molar-refractivity contribution in [1.82, 2.24) is 0 Å². The molecule has 0 aliphatic heterocycles. The molecule has 4 heteroatoms. The first-order valence-corrected chi connectivity index (χ1v) is 7.15. The number of rotatable bonds is 3. The second kappa shape index (κ2) is 5.65. The Bertz CT molecular complexity index is 619. The second-order valence-electron chi connectivity index (χ2n) is 5.09. The van der Waals surface area contributed by atoms with Gasteiger partial charge in [0.15, 0.2) is 5.12 Å². The van der Waals surface area contributed by atoms with Gasteiger partial charge in [-0.1, -0.05) is 65.2 Å². The van der Waals surface area contributed by atoms with E-state index in [9.17, 15) is 0 Å². The van der Waals surface area contributed by atoms with Gasteiger partial charge >= 0.3 is 0 Å². The minimum absolute atomic E-state index is 0.646. The first-order valence-electron chi connectivity index (χ1n) is 6.40. The molecule has 106 valence electrons. The number of alkyl halides is 1. The van der Waals surface area contributed by atoms with Gasteiger partial charge in [-0.25, -0.2) is 0 Å². The number of hydrogen-bond acceptors (Lipinski definition) is 2. The average Bonchev–Trinajstić information content (AvgIpc) is 2.40. The molecule has 0 aliphatic rings. The van der Waals surface area contributed by atoms with Gasteiger partial charge in [0.2, 0.25) is 0 Å². The van der Waals surface area contributed by atoms with E-state index in [1.807, 2.05) is 57.2 Å². The molecule has 2 aromatic carbocycles. The van der Waals surface area contributed by atoms with Gasteiger partial charge in [-0.15, -0.1) is 0 Å². The van der Waals surface area contributed by atoms with Gasteiger partial charge in [0.25, 0.3) is 0 Å². The van der Waals surface area contributed by atoms with Gasteiger partial charge in [-0.2, -0.15) is 0 Å². The molecule has 0 radical (unpaired) electrons. The van der Waals surface area contributed by atoms with Crippen molar-refractivity contribution in [3.8, 4) is 0 Å². The molecule has 0 saturated carbocycles. The van der Waals surface area contributed by atoms with Crippen LogP contribution in [-0.2, 0) is 5.12 Å². The third-order valence-corrected chi connectivity index (χ3v) is 4.12. The SMILES string of the molecule is Cc1ccc(C(N)(Cl)Nc2c(C)ccc(C)c2Cl)cc1. The number of hydrogen-bond donors (Lipinski definition) is 2. The van der Waals surface area contributed by atoms with Gasteiger partial charge in [0, 0.05) is 5.56 Å². The molecule has 0 saturated heterocycles. The van der Waals surface area contributed by atoms with Crippen molar-refractivity contribution in [3.05, 3.63) is 63.7 Å². The smallest absolute Gasteiger partial charge is 0.190 e. The Morgan fingerprint density at radius 1 is 0.950 bits per heavy atom. The lowest BCUT2D eigenvalue weighted by atomic mass is 10.1. The Morgan fingerprint density at radius 3 is 2.10 bits per heavy atom. The molecule has 0 amide bonds. The van der Waals surface area contributed by atoms with E-state index in [0.29, 0.717) is 5.02 Å². The molecular weight excluding hydrogens is 291 g/mol. The predicted molar refractivity (Wildman–Crippen MR) is 87.4 cm³/mol. The Kier molecular flexibility index (Phi) is 4.28. The summed E-state index contributed by atoms with van der Waals surface area (Å²) in [4.78, 5) is 0. The van der Waals surface area contributed by atoms with Crippen LogP contribution < -0.4 is 11.1 Å². The second-order valence-corrected chi connectivity index (χ2v) is 6.07. The van der Waals surface area contributed by atoms with Gasteiger partial charge < -0.3 is 5.32 Å². The van der Waals surface area contributed by atoms with Crippen LogP contribution in [0.3, 0.4) is 0 Å². The number of nitrogens with two attached hydrogens (primary N) is 1. The quantitative estimate of drug-likeness (QED) is 0.490. The number of nitrogens with one attached hydrogen (secondary N) is 1. The zero-order chi connectivity index (χ0) is 14.9. The minimum atomic E-state index is -1.20.